The van der Waals surface area contributed by atoms with E-state index in [1.54, 1.807) is 0 Å². The molecule has 0 saturated heterocycles. The number of fused-ring (bicyclic) bond motifs is 1. The van der Waals surface area contributed by atoms with Crippen LogP contribution in [-0.4, -0.2) is 0 Å². The Morgan fingerprint density at radius 2 is 1.65 bits per heavy atom. The lowest BCUT2D eigenvalue weighted by molar-refractivity contribution is 1.39. The van der Waals surface area contributed by atoms with Crippen molar-refractivity contribution in [3.8, 4) is 0 Å². The van der Waals surface area contributed by atoms with Crippen molar-refractivity contribution in [1.82, 2.24) is 0 Å². The third-order valence-corrected chi connectivity index (χ3v) is 3.75. The van der Waals surface area contributed by atoms with Crippen molar-refractivity contribution in [3.63, 3.8) is 0 Å². The molecule has 1 aliphatic rings. The van der Waals surface area contributed by atoms with Crippen LogP contribution in [0.15, 0.2) is 59.7 Å². The van der Waals surface area contributed by atoms with E-state index in [1.807, 2.05) is 0 Å². The summed E-state index contributed by atoms with van der Waals surface area (Å²) in [6.07, 6.45) is 3.40. The lowest BCUT2D eigenvalue weighted by Crippen LogP contribution is -1.85. The Balaban J connectivity index is 2.14. The normalized spacial score (nSPS) is 15.5. The molecule has 0 spiro atoms. The van der Waals surface area contributed by atoms with Crippen molar-refractivity contribution >= 4 is 16.3 Å². The molecule has 0 nitrogen and oxygen atoms in total. The van der Waals surface area contributed by atoms with E-state index >= 15 is 0 Å². The van der Waals surface area contributed by atoms with Gasteiger partial charge in [0, 0.05) is 0 Å². The summed E-state index contributed by atoms with van der Waals surface area (Å²) in [4.78, 5) is 0. The van der Waals surface area contributed by atoms with Crippen molar-refractivity contribution in [2.24, 2.45) is 0 Å². The van der Waals surface area contributed by atoms with Crippen LogP contribution in [-0.2, 0) is 0 Å². The molecule has 0 heterocycles. The summed E-state index contributed by atoms with van der Waals surface area (Å²) in [5.41, 5.74) is 5.72. The van der Waals surface area contributed by atoms with E-state index in [1.165, 1.54) is 33.1 Å². The van der Waals surface area contributed by atoms with Crippen molar-refractivity contribution in [3.05, 3.63) is 65.3 Å². The van der Waals surface area contributed by atoms with Gasteiger partial charge in [-0.1, -0.05) is 48.0 Å². The van der Waals surface area contributed by atoms with Gasteiger partial charge in [-0.3, -0.25) is 0 Å². The molecule has 0 saturated carbocycles. The van der Waals surface area contributed by atoms with Gasteiger partial charge in [0.2, 0.25) is 0 Å². The maximum Gasteiger partial charge on any atom is -0.00830 e. The largest absolute Gasteiger partial charge is 0.0769 e. The average Bonchev–Trinajstić information content (AvgIpc) is 2.70. The first kappa shape index (κ1) is 10.3. The Bertz CT molecular complexity index is 642. The number of hydrogen-bond acceptors (Lipinski definition) is 0. The molecule has 0 aromatic heterocycles. The summed E-state index contributed by atoms with van der Waals surface area (Å²) in [6.45, 7) is 4.42. The Kier molecular flexibility index (Phi) is 2.36. The van der Waals surface area contributed by atoms with E-state index in [9.17, 15) is 0 Å². The predicted octanol–water partition coefficient (Wildman–Crippen LogP) is 4.96. The summed E-state index contributed by atoms with van der Waals surface area (Å²) < 4.78 is 0. The molecule has 2 aromatic carbocycles. The molecule has 0 fully saturated rings. The molecule has 0 atom stereocenters. The fourth-order valence-corrected chi connectivity index (χ4v) is 2.51. The monoisotopic (exact) mass is 220 g/mol. The van der Waals surface area contributed by atoms with Gasteiger partial charge in [-0.05, 0) is 53.8 Å². The number of hydrogen-bond donors (Lipinski definition) is 0. The first-order chi connectivity index (χ1) is 8.25. The summed E-state index contributed by atoms with van der Waals surface area (Å²) >= 11 is 0. The molecule has 0 aliphatic heterocycles. The second-order valence-corrected chi connectivity index (χ2v) is 4.76. The van der Waals surface area contributed by atoms with Crippen molar-refractivity contribution in [2.45, 2.75) is 20.3 Å². The van der Waals surface area contributed by atoms with Gasteiger partial charge in [0.15, 0.2) is 0 Å². The Hall–Kier alpha value is -1.82. The summed E-state index contributed by atoms with van der Waals surface area (Å²) in [5, 5.41) is 2.65. The Labute approximate surface area is 102 Å². The summed E-state index contributed by atoms with van der Waals surface area (Å²) in [7, 11) is 0. The Morgan fingerprint density at radius 1 is 0.882 bits per heavy atom. The van der Waals surface area contributed by atoms with Crippen LogP contribution < -0.4 is 0 Å². The van der Waals surface area contributed by atoms with Gasteiger partial charge < -0.3 is 0 Å². The molecule has 0 bridgehead atoms. The molecule has 84 valence electrons. The summed E-state index contributed by atoms with van der Waals surface area (Å²) in [5.74, 6) is 0. The molecule has 0 heteroatoms. The van der Waals surface area contributed by atoms with E-state index < -0.39 is 0 Å². The van der Waals surface area contributed by atoms with Crippen LogP contribution in [0.1, 0.15) is 25.8 Å². The maximum atomic E-state index is 2.32. The highest BCUT2D eigenvalue weighted by Gasteiger charge is 2.12. The lowest BCUT2D eigenvalue weighted by atomic mass is 9.98. The van der Waals surface area contributed by atoms with Crippen LogP contribution in [0.3, 0.4) is 0 Å². The second kappa shape index (κ2) is 3.89. The first-order valence-corrected chi connectivity index (χ1v) is 6.12. The molecule has 2 aromatic rings. The maximum absolute atomic E-state index is 2.32. The minimum absolute atomic E-state index is 1.08. The third kappa shape index (κ3) is 1.70. The standard InChI is InChI=1S/C17H16/c1-12-7-10-17(13(12)2)16-9-8-14-5-3-4-6-15(14)11-16/h3-9,11H,10H2,1-2H3. The van der Waals surface area contributed by atoms with E-state index in [0.717, 1.165) is 6.42 Å². The quantitative estimate of drug-likeness (QED) is 0.637. The third-order valence-electron chi connectivity index (χ3n) is 3.75. The van der Waals surface area contributed by atoms with Gasteiger partial charge in [-0.15, -0.1) is 0 Å². The zero-order chi connectivity index (χ0) is 11.8. The SMILES string of the molecule is CC1=CCC(c2ccc3ccccc3c2)=C1C. The average molecular weight is 220 g/mol. The lowest BCUT2D eigenvalue weighted by Gasteiger charge is -2.07. The molecule has 0 radical (unpaired) electrons. The van der Waals surface area contributed by atoms with Crippen LogP contribution in [0.4, 0.5) is 0 Å². The predicted molar refractivity (Wildman–Crippen MR) is 74.9 cm³/mol. The summed E-state index contributed by atoms with van der Waals surface area (Å²) in [6, 6.07) is 15.3. The van der Waals surface area contributed by atoms with Crippen LogP contribution in [0.2, 0.25) is 0 Å². The van der Waals surface area contributed by atoms with Gasteiger partial charge >= 0.3 is 0 Å². The highest BCUT2D eigenvalue weighted by Crippen LogP contribution is 2.34. The molecule has 17 heavy (non-hydrogen) atoms. The molecule has 0 amide bonds. The molecular weight excluding hydrogens is 204 g/mol. The topological polar surface area (TPSA) is 0 Å². The molecular formula is C17H16. The minimum atomic E-state index is 1.08. The van der Waals surface area contributed by atoms with Crippen LogP contribution in [0.25, 0.3) is 16.3 Å². The highest BCUT2D eigenvalue weighted by molar-refractivity contribution is 5.88. The van der Waals surface area contributed by atoms with Crippen molar-refractivity contribution in [1.29, 1.82) is 0 Å². The molecule has 1 aliphatic carbocycles. The fourth-order valence-electron chi connectivity index (χ4n) is 2.51. The number of benzene rings is 2. The van der Waals surface area contributed by atoms with Gasteiger partial charge in [0.1, 0.15) is 0 Å². The number of rotatable bonds is 1. The number of allylic oxidation sites excluding steroid dienone is 4. The van der Waals surface area contributed by atoms with E-state index in [-0.39, 0.29) is 0 Å². The van der Waals surface area contributed by atoms with Gasteiger partial charge in [0.25, 0.3) is 0 Å². The van der Waals surface area contributed by atoms with Gasteiger partial charge in [-0.25, -0.2) is 0 Å². The molecule has 0 unspecified atom stereocenters. The van der Waals surface area contributed by atoms with Gasteiger partial charge in [-0.2, -0.15) is 0 Å². The Morgan fingerprint density at radius 3 is 2.35 bits per heavy atom. The second-order valence-electron chi connectivity index (χ2n) is 4.76. The fraction of sp³-hybridized carbons (Fsp3) is 0.176. The van der Waals surface area contributed by atoms with Crippen molar-refractivity contribution in [2.75, 3.05) is 0 Å². The highest BCUT2D eigenvalue weighted by atomic mass is 14.2. The van der Waals surface area contributed by atoms with Crippen LogP contribution >= 0.6 is 0 Å². The van der Waals surface area contributed by atoms with E-state index in [0.29, 0.717) is 0 Å². The first-order valence-electron chi connectivity index (χ1n) is 6.12. The van der Waals surface area contributed by atoms with Crippen molar-refractivity contribution < 1.29 is 0 Å². The van der Waals surface area contributed by atoms with Crippen LogP contribution in [0.5, 0.6) is 0 Å². The van der Waals surface area contributed by atoms with E-state index in [4.69, 9.17) is 0 Å². The minimum Gasteiger partial charge on any atom is -0.0769 e. The zero-order valence-electron chi connectivity index (χ0n) is 10.3. The smallest absolute Gasteiger partial charge is 0.00830 e. The zero-order valence-corrected chi connectivity index (χ0v) is 10.3. The molecule has 0 N–H and O–H groups in total. The molecule has 3 rings (SSSR count). The van der Waals surface area contributed by atoms with E-state index in [2.05, 4.69) is 62.4 Å². The van der Waals surface area contributed by atoms with Gasteiger partial charge in [0.05, 0.1) is 0 Å². The van der Waals surface area contributed by atoms with Crippen LogP contribution in [0, 0.1) is 0 Å².